The molecule has 0 saturated carbocycles. The van der Waals surface area contributed by atoms with Crippen molar-refractivity contribution in [2.45, 2.75) is 33.7 Å². The molecule has 1 fully saturated rings. The number of amides is 3. The molecule has 3 rings (SSSR count). The van der Waals surface area contributed by atoms with Crippen molar-refractivity contribution in [1.29, 1.82) is 0 Å². The number of anilines is 1. The Labute approximate surface area is 171 Å². The summed E-state index contributed by atoms with van der Waals surface area (Å²) in [5.41, 5.74) is 4.47. The Morgan fingerprint density at radius 3 is 2.62 bits per heavy atom. The highest BCUT2D eigenvalue weighted by Gasteiger charge is 2.35. The van der Waals surface area contributed by atoms with E-state index in [9.17, 15) is 14.4 Å². The number of rotatable bonds is 6. The molecule has 0 bridgehead atoms. The molecule has 0 spiro atoms. The first-order chi connectivity index (χ1) is 13.9. The Bertz CT molecular complexity index is 939. The second kappa shape index (κ2) is 8.90. The number of aryl methyl sites for hydroxylation is 1. The maximum Gasteiger partial charge on any atom is 0.251 e. The van der Waals surface area contributed by atoms with Crippen molar-refractivity contribution in [3.8, 4) is 0 Å². The van der Waals surface area contributed by atoms with Crippen LogP contribution < -0.4 is 15.5 Å². The van der Waals surface area contributed by atoms with Crippen LogP contribution in [0.3, 0.4) is 0 Å². The maximum atomic E-state index is 12.6. The summed E-state index contributed by atoms with van der Waals surface area (Å²) in [6.07, 6.45) is 0.207. The van der Waals surface area contributed by atoms with Crippen molar-refractivity contribution in [2.24, 2.45) is 5.92 Å². The first kappa shape index (κ1) is 20.6. The number of hydrogen-bond acceptors (Lipinski definition) is 3. The molecule has 6 heteroatoms. The lowest BCUT2D eigenvalue weighted by Crippen LogP contribution is -2.33. The number of nitrogens with one attached hydrogen (secondary N) is 2. The summed E-state index contributed by atoms with van der Waals surface area (Å²) in [5, 5.41) is 5.67. The van der Waals surface area contributed by atoms with E-state index in [0.29, 0.717) is 25.2 Å². The van der Waals surface area contributed by atoms with Crippen LogP contribution in [-0.2, 0) is 16.1 Å². The molecule has 1 aliphatic rings. The van der Waals surface area contributed by atoms with Gasteiger partial charge in [-0.3, -0.25) is 14.4 Å². The third-order valence-electron chi connectivity index (χ3n) is 5.36. The van der Waals surface area contributed by atoms with Crippen molar-refractivity contribution in [1.82, 2.24) is 10.6 Å². The molecule has 2 aromatic carbocycles. The molecule has 0 aliphatic carbocycles. The van der Waals surface area contributed by atoms with Gasteiger partial charge in [0.15, 0.2) is 0 Å². The fraction of sp³-hybridized carbons (Fsp3) is 0.348. The van der Waals surface area contributed by atoms with Crippen LogP contribution >= 0.6 is 0 Å². The zero-order valence-electron chi connectivity index (χ0n) is 17.1. The number of benzene rings is 2. The summed E-state index contributed by atoms with van der Waals surface area (Å²) in [7, 11) is 0. The van der Waals surface area contributed by atoms with Gasteiger partial charge in [0.25, 0.3) is 5.91 Å². The van der Waals surface area contributed by atoms with E-state index in [1.54, 1.807) is 23.1 Å². The van der Waals surface area contributed by atoms with Gasteiger partial charge in [-0.1, -0.05) is 24.3 Å². The summed E-state index contributed by atoms with van der Waals surface area (Å²) >= 11 is 0. The quantitative estimate of drug-likeness (QED) is 0.792. The molecular weight excluding hydrogens is 366 g/mol. The lowest BCUT2D eigenvalue weighted by Gasteiger charge is -2.20. The van der Waals surface area contributed by atoms with Crippen molar-refractivity contribution in [2.75, 3.05) is 18.0 Å². The Morgan fingerprint density at radius 2 is 1.86 bits per heavy atom. The van der Waals surface area contributed by atoms with E-state index in [1.807, 2.05) is 45.0 Å². The van der Waals surface area contributed by atoms with Crippen molar-refractivity contribution < 1.29 is 14.4 Å². The van der Waals surface area contributed by atoms with E-state index >= 15 is 0 Å². The van der Waals surface area contributed by atoms with E-state index in [-0.39, 0.29) is 30.1 Å². The highest BCUT2D eigenvalue weighted by Crippen LogP contribution is 2.29. The van der Waals surface area contributed by atoms with Gasteiger partial charge >= 0.3 is 0 Å². The highest BCUT2D eigenvalue weighted by atomic mass is 16.2. The molecule has 3 amide bonds. The second-order valence-corrected chi connectivity index (χ2v) is 7.40. The molecule has 0 aromatic heterocycles. The van der Waals surface area contributed by atoms with Gasteiger partial charge < -0.3 is 15.5 Å². The maximum absolute atomic E-state index is 12.6. The van der Waals surface area contributed by atoms with Crippen LogP contribution in [0.2, 0.25) is 0 Å². The van der Waals surface area contributed by atoms with Crippen molar-refractivity contribution in [3.05, 3.63) is 64.7 Å². The third kappa shape index (κ3) is 4.65. The SMILES string of the molecule is CCNC(=O)c1cccc(CNC(=O)C2CC(=O)N(c3cccc(C)c3C)C2)c1. The standard InChI is InChI=1S/C23H27N3O3/c1-4-24-22(28)18-9-6-8-17(11-18)13-25-23(29)19-12-21(27)26(14-19)20-10-5-7-15(2)16(20)3/h5-11,19H,4,12-14H2,1-3H3,(H,24,28)(H,25,29). The summed E-state index contributed by atoms with van der Waals surface area (Å²) in [5.74, 6) is -0.688. The van der Waals surface area contributed by atoms with Crippen molar-refractivity contribution >= 4 is 23.4 Å². The van der Waals surface area contributed by atoms with Crippen molar-refractivity contribution in [3.63, 3.8) is 0 Å². The van der Waals surface area contributed by atoms with Gasteiger partial charge in [0.1, 0.15) is 0 Å². The fourth-order valence-electron chi connectivity index (χ4n) is 3.56. The first-order valence-corrected chi connectivity index (χ1v) is 9.92. The average molecular weight is 393 g/mol. The molecular formula is C23H27N3O3. The van der Waals surface area contributed by atoms with Crippen LogP contribution in [0.4, 0.5) is 5.69 Å². The van der Waals surface area contributed by atoms with Crippen LogP contribution in [0, 0.1) is 19.8 Å². The number of nitrogens with zero attached hydrogens (tertiary/aromatic N) is 1. The zero-order chi connectivity index (χ0) is 21.0. The summed E-state index contributed by atoms with van der Waals surface area (Å²) in [6.45, 7) is 7.14. The molecule has 2 N–H and O–H groups in total. The summed E-state index contributed by atoms with van der Waals surface area (Å²) in [4.78, 5) is 38.8. The molecule has 152 valence electrons. The fourth-order valence-corrected chi connectivity index (χ4v) is 3.56. The number of hydrogen-bond donors (Lipinski definition) is 2. The molecule has 1 heterocycles. The van der Waals surface area contributed by atoms with E-state index < -0.39 is 0 Å². The van der Waals surface area contributed by atoms with Crippen LogP contribution in [-0.4, -0.2) is 30.8 Å². The van der Waals surface area contributed by atoms with E-state index in [1.165, 1.54) is 0 Å². The average Bonchev–Trinajstić information content (AvgIpc) is 3.10. The summed E-state index contributed by atoms with van der Waals surface area (Å²) < 4.78 is 0. The number of carbonyl (C=O) groups is 3. The van der Waals surface area contributed by atoms with Crippen LogP contribution in [0.15, 0.2) is 42.5 Å². The van der Waals surface area contributed by atoms with Gasteiger partial charge in [-0.2, -0.15) is 0 Å². The minimum absolute atomic E-state index is 0.0305. The Morgan fingerprint density at radius 1 is 1.10 bits per heavy atom. The smallest absolute Gasteiger partial charge is 0.251 e. The largest absolute Gasteiger partial charge is 0.352 e. The minimum atomic E-state index is -0.381. The predicted octanol–water partition coefficient (Wildman–Crippen LogP) is 2.72. The van der Waals surface area contributed by atoms with E-state index in [4.69, 9.17) is 0 Å². The second-order valence-electron chi connectivity index (χ2n) is 7.40. The van der Waals surface area contributed by atoms with E-state index in [2.05, 4.69) is 10.6 Å². The summed E-state index contributed by atoms with van der Waals surface area (Å²) in [6, 6.07) is 13.0. The van der Waals surface area contributed by atoms with Crippen LogP contribution in [0.25, 0.3) is 0 Å². The lowest BCUT2D eigenvalue weighted by molar-refractivity contribution is -0.126. The molecule has 1 aliphatic heterocycles. The van der Waals surface area contributed by atoms with Gasteiger partial charge in [-0.05, 0) is 55.7 Å². The van der Waals surface area contributed by atoms with Gasteiger partial charge in [-0.15, -0.1) is 0 Å². The Hall–Kier alpha value is -3.15. The van der Waals surface area contributed by atoms with Gasteiger partial charge in [0, 0.05) is 37.3 Å². The van der Waals surface area contributed by atoms with E-state index in [0.717, 1.165) is 22.4 Å². The van der Waals surface area contributed by atoms with Crippen LogP contribution in [0.1, 0.15) is 40.4 Å². The molecule has 0 radical (unpaired) electrons. The number of carbonyl (C=O) groups excluding carboxylic acids is 3. The van der Waals surface area contributed by atoms with Gasteiger partial charge in [0.05, 0.1) is 5.92 Å². The molecule has 2 aromatic rings. The third-order valence-corrected chi connectivity index (χ3v) is 5.36. The Balaban J connectivity index is 1.62. The highest BCUT2D eigenvalue weighted by molar-refractivity contribution is 6.01. The lowest BCUT2D eigenvalue weighted by atomic mass is 10.1. The molecule has 1 atom stereocenters. The topological polar surface area (TPSA) is 78.5 Å². The predicted molar refractivity (Wildman–Crippen MR) is 113 cm³/mol. The van der Waals surface area contributed by atoms with Gasteiger partial charge in [0.2, 0.25) is 11.8 Å². The first-order valence-electron chi connectivity index (χ1n) is 9.92. The normalized spacial score (nSPS) is 16.0. The molecule has 1 saturated heterocycles. The molecule has 29 heavy (non-hydrogen) atoms. The van der Waals surface area contributed by atoms with Gasteiger partial charge in [-0.25, -0.2) is 0 Å². The van der Waals surface area contributed by atoms with Crippen LogP contribution in [0.5, 0.6) is 0 Å². The molecule has 6 nitrogen and oxygen atoms in total. The molecule has 1 unspecified atom stereocenters. The zero-order valence-corrected chi connectivity index (χ0v) is 17.1. The Kier molecular flexibility index (Phi) is 6.32. The minimum Gasteiger partial charge on any atom is -0.352 e. The monoisotopic (exact) mass is 393 g/mol.